The highest BCUT2D eigenvalue weighted by atomic mass is 19.1. The van der Waals surface area contributed by atoms with Crippen LogP contribution in [0.1, 0.15) is 18.4 Å². The van der Waals surface area contributed by atoms with Crippen molar-refractivity contribution in [3.8, 4) is 0 Å². The van der Waals surface area contributed by atoms with E-state index in [1.165, 1.54) is 0 Å². The number of piperidine rings is 1. The topological polar surface area (TPSA) is 47.7 Å². The Morgan fingerprint density at radius 2 is 2.11 bits per heavy atom. The van der Waals surface area contributed by atoms with Crippen molar-refractivity contribution in [3.05, 3.63) is 29.6 Å². The zero-order chi connectivity index (χ0) is 13.3. The maximum Gasteiger partial charge on any atom is 0.181 e. The Morgan fingerprint density at radius 3 is 2.89 bits per heavy atom. The molecule has 0 atom stereocenters. The average Bonchev–Trinajstić information content (AvgIpc) is 2.83. The van der Waals surface area contributed by atoms with E-state index in [4.69, 9.17) is 15.2 Å². The van der Waals surface area contributed by atoms with Gasteiger partial charge in [-0.3, -0.25) is 4.90 Å². The average molecular weight is 266 g/mol. The highest BCUT2D eigenvalue weighted by molar-refractivity contribution is 5.42. The summed E-state index contributed by atoms with van der Waals surface area (Å²) in [5.74, 6) is -0.773. The maximum atomic E-state index is 13.9. The Kier molecular flexibility index (Phi) is 3.43. The minimum absolute atomic E-state index is 0.206. The first kappa shape index (κ1) is 12.8. The van der Waals surface area contributed by atoms with Gasteiger partial charge in [-0.2, -0.15) is 0 Å². The van der Waals surface area contributed by atoms with Crippen LogP contribution in [0.5, 0.6) is 0 Å². The summed E-state index contributed by atoms with van der Waals surface area (Å²) >= 11 is 0. The lowest BCUT2D eigenvalue weighted by atomic mass is 10.0. The highest BCUT2D eigenvalue weighted by Gasteiger charge is 2.40. The van der Waals surface area contributed by atoms with Crippen LogP contribution in [0.2, 0.25) is 0 Å². The van der Waals surface area contributed by atoms with Crippen molar-refractivity contribution < 1.29 is 13.9 Å². The zero-order valence-electron chi connectivity index (χ0n) is 10.9. The van der Waals surface area contributed by atoms with Crippen LogP contribution in [-0.2, 0) is 16.0 Å². The number of nitrogens with zero attached hydrogens (tertiary/aromatic N) is 1. The third-order valence-corrected chi connectivity index (χ3v) is 3.81. The van der Waals surface area contributed by atoms with Crippen molar-refractivity contribution in [3.63, 3.8) is 0 Å². The van der Waals surface area contributed by atoms with Gasteiger partial charge in [0.05, 0.1) is 25.4 Å². The number of halogens is 1. The van der Waals surface area contributed by atoms with Crippen molar-refractivity contribution in [2.45, 2.75) is 25.2 Å². The number of ether oxygens (including phenoxy) is 2. The summed E-state index contributed by atoms with van der Waals surface area (Å²) in [6.07, 6.45) is 1.92. The quantitative estimate of drug-likeness (QED) is 0.828. The molecule has 0 amide bonds. The fourth-order valence-electron chi connectivity index (χ4n) is 2.90. The fourth-order valence-corrected chi connectivity index (χ4v) is 2.90. The Balaban J connectivity index is 1.71. The molecule has 2 heterocycles. The second kappa shape index (κ2) is 5.07. The van der Waals surface area contributed by atoms with Crippen molar-refractivity contribution in [1.29, 1.82) is 0 Å². The molecule has 0 bridgehead atoms. The summed E-state index contributed by atoms with van der Waals surface area (Å²) < 4.78 is 25.4. The smallest absolute Gasteiger partial charge is 0.181 e. The molecule has 2 saturated heterocycles. The van der Waals surface area contributed by atoms with Crippen molar-refractivity contribution in [2.75, 3.05) is 32.0 Å². The van der Waals surface area contributed by atoms with E-state index < -0.39 is 5.79 Å². The molecule has 2 N–H and O–H groups in total. The summed E-state index contributed by atoms with van der Waals surface area (Å²) in [6, 6.07) is 5.15. The molecule has 4 nitrogen and oxygen atoms in total. The summed E-state index contributed by atoms with van der Waals surface area (Å²) in [7, 11) is 0. The number of anilines is 1. The molecule has 5 heteroatoms. The summed E-state index contributed by atoms with van der Waals surface area (Å²) in [6.45, 7) is 3.48. The van der Waals surface area contributed by atoms with Gasteiger partial charge >= 0.3 is 0 Å². The second-order valence-corrected chi connectivity index (χ2v) is 5.24. The Morgan fingerprint density at radius 1 is 1.32 bits per heavy atom. The molecular weight excluding hydrogens is 247 g/mol. The minimum atomic E-state index is -0.463. The van der Waals surface area contributed by atoms with Gasteiger partial charge in [0.1, 0.15) is 0 Å². The third kappa shape index (κ3) is 2.59. The molecule has 1 aromatic carbocycles. The third-order valence-electron chi connectivity index (χ3n) is 3.81. The number of nitrogens with two attached hydrogens (primary N) is 1. The van der Waals surface area contributed by atoms with Crippen LogP contribution in [0.3, 0.4) is 0 Å². The van der Waals surface area contributed by atoms with E-state index >= 15 is 0 Å². The van der Waals surface area contributed by atoms with Gasteiger partial charge in [0, 0.05) is 18.5 Å². The molecule has 0 aromatic heterocycles. The molecule has 2 aliphatic rings. The molecule has 1 spiro atoms. The molecule has 104 valence electrons. The van der Waals surface area contributed by atoms with Gasteiger partial charge in [0.2, 0.25) is 0 Å². The predicted molar refractivity (Wildman–Crippen MR) is 70.0 cm³/mol. The molecule has 2 fully saturated rings. The lowest BCUT2D eigenvalue weighted by molar-refractivity contribution is -0.190. The van der Waals surface area contributed by atoms with Crippen LogP contribution in [0, 0.1) is 5.82 Å². The van der Waals surface area contributed by atoms with Crippen molar-refractivity contribution in [2.24, 2.45) is 0 Å². The molecular formula is C14H19FN2O2. The van der Waals surface area contributed by atoms with Gasteiger partial charge in [0.15, 0.2) is 11.6 Å². The van der Waals surface area contributed by atoms with Gasteiger partial charge < -0.3 is 15.2 Å². The summed E-state index contributed by atoms with van der Waals surface area (Å²) in [5.41, 5.74) is 6.44. The van der Waals surface area contributed by atoms with Gasteiger partial charge in [0.25, 0.3) is 0 Å². The second-order valence-electron chi connectivity index (χ2n) is 5.24. The van der Waals surface area contributed by atoms with Crippen LogP contribution in [-0.4, -0.2) is 37.0 Å². The molecule has 0 radical (unpaired) electrons. The number of hydrogen-bond acceptors (Lipinski definition) is 4. The van der Waals surface area contributed by atoms with Crippen LogP contribution in [0.15, 0.2) is 18.2 Å². The molecule has 0 saturated carbocycles. The van der Waals surface area contributed by atoms with Gasteiger partial charge in [-0.1, -0.05) is 12.1 Å². The largest absolute Gasteiger partial charge is 0.396 e. The van der Waals surface area contributed by atoms with Crippen molar-refractivity contribution >= 4 is 5.69 Å². The fraction of sp³-hybridized carbons (Fsp3) is 0.571. The zero-order valence-corrected chi connectivity index (χ0v) is 10.9. The molecule has 3 rings (SSSR count). The van der Waals surface area contributed by atoms with Crippen LogP contribution in [0.4, 0.5) is 10.1 Å². The summed E-state index contributed by atoms with van der Waals surface area (Å²) in [4.78, 5) is 2.17. The van der Waals surface area contributed by atoms with E-state index in [0.29, 0.717) is 31.9 Å². The normalized spacial score (nSPS) is 23.0. The minimum Gasteiger partial charge on any atom is -0.396 e. The molecule has 2 aliphatic heterocycles. The van der Waals surface area contributed by atoms with E-state index in [2.05, 4.69) is 4.90 Å². The molecule has 19 heavy (non-hydrogen) atoms. The van der Waals surface area contributed by atoms with Gasteiger partial charge in [-0.15, -0.1) is 0 Å². The number of hydrogen-bond donors (Lipinski definition) is 1. The number of likely N-dealkylation sites (tertiary alicyclic amines) is 1. The van der Waals surface area contributed by atoms with E-state index in [9.17, 15) is 4.39 Å². The summed E-state index contributed by atoms with van der Waals surface area (Å²) in [5, 5.41) is 0. The SMILES string of the molecule is Nc1cccc(CN2CCCC3(C2)OCCO3)c1F. The van der Waals surface area contributed by atoms with E-state index in [1.807, 2.05) is 0 Å². The Labute approximate surface area is 112 Å². The first-order valence-corrected chi connectivity index (χ1v) is 6.72. The monoisotopic (exact) mass is 266 g/mol. The Hall–Kier alpha value is -1.17. The standard InChI is InChI=1S/C14H19FN2O2/c15-13-11(3-1-4-12(13)16)9-17-6-2-5-14(10-17)18-7-8-19-14/h1,3-4H,2,5-10,16H2. The van der Waals surface area contributed by atoms with Crippen LogP contribution < -0.4 is 5.73 Å². The highest BCUT2D eigenvalue weighted by Crippen LogP contribution is 2.31. The number of benzene rings is 1. The molecule has 1 aromatic rings. The Bertz CT molecular complexity index is 461. The van der Waals surface area contributed by atoms with Crippen LogP contribution >= 0.6 is 0 Å². The first-order chi connectivity index (χ1) is 9.19. The molecule has 0 aliphatic carbocycles. The maximum absolute atomic E-state index is 13.9. The van der Waals surface area contributed by atoms with Gasteiger partial charge in [-0.25, -0.2) is 4.39 Å². The van der Waals surface area contributed by atoms with E-state index in [0.717, 1.165) is 19.4 Å². The first-order valence-electron chi connectivity index (χ1n) is 6.72. The lowest BCUT2D eigenvalue weighted by Crippen LogP contribution is -2.48. The van der Waals surface area contributed by atoms with E-state index in [1.54, 1.807) is 18.2 Å². The van der Waals surface area contributed by atoms with Crippen LogP contribution in [0.25, 0.3) is 0 Å². The lowest BCUT2D eigenvalue weighted by Gasteiger charge is -2.38. The van der Waals surface area contributed by atoms with Gasteiger partial charge in [-0.05, 0) is 19.0 Å². The van der Waals surface area contributed by atoms with Crippen molar-refractivity contribution in [1.82, 2.24) is 4.90 Å². The number of nitrogen functional groups attached to an aromatic ring is 1. The predicted octanol–water partition coefficient (Wildman–Crippen LogP) is 1.75. The number of rotatable bonds is 2. The molecule has 0 unspecified atom stereocenters. The van der Waals surface area contributed by atoms with E-state index in [-0.39, 0.29) is 11.5 Å².